The van der Waals surface area contributed by atoms with Crippen LogP contribution >= 0.6 is 0 Å². The number of hydrogen-bond donors (Lipinski definition) is 0. The van der Waals surface area contributed by atoms with E-state index in [1.165, 1.54) is 30.0 Å². The quantitative estimate of drug-likeness (QED) is 0.697. The predicted octanol–water partition coefficient (Wildman–Crippen LogP) is 2.56. The van der Waals surface area contributed by atoms with Crippen LogP contribution in [0.25, 0.3) is 11.2 Å². The first-order chi connectivity index (χ1) is 13.4. The molecule has 0 aliphatic carbocycles. The van der Waals surface area contributed by atoms with E-state index in [4.69, 9.17) is 4.98 Å². The molecule has 0 saturated heterocycles. The lowest BCUT2D eigenvalue weighted by atomic mass is 10.1. The van der Waals surface area contributed by atoms with Gasteiger partial charge in [-0.05, 0) is 36.5 Å². The molecule has 4 rings (SSSR count). The second-order valence-electron chi connectivity index (χ2n) is 7.89. The van der Waals surface area contributed by atoms with Crippen molar-refractivity contribution in [3.63, 3.8) is 0 Å². The molecular weight excluding hydrogens is 354 g/mol. The summed E-state index contributed by atoms with van der Waals surface area (Å²) in [6.45, 7) is 5.91. The minimum atomic E-state index is -0.354. The summed E-state index contributed by atoms with van der Waals surface area (Å²) in [6, 6.07) is 8.60. The van der Waals surface area contributed by atoms with E-state index in [2.05, 4.69) is 43.0 Å². The van der Waals surface area contributed by atoms with Crippen molar-refractivity contribution in [1.29, 1.82) is 0 Å². The molecule has 0 bridgehead atoms. The molecule has 1 atom stereocenters. The SMILES string of the molecule is CCCCc1ccc(N2CC(C)Cn3c2nc2c3c(=O)n(C)c(=O)n2C)cc1. The Kier molecular flexibility index (Phi) is 4.61. The minimum Gasteiger partial charge on any atom is -0.312 e. The fourth-order valence-electron chi connectivity index (χ4n) is 4.02. The van der Waals surface area contributed by atoms with E-state index in [0.29, 0.717) is 23.6 Å². The third-order valence-corrected chi connectivity index (χ3v) is 5.62. The summed E-state index contributed by atoms with van der Waals surface area (Å²) in [7, 11) is 3.18. The van der Waals surface area contributed by atoms with Gasteiger partial charge in [-0.3, -0.25) is 13.9 Å². The highest BCUT2D eigenvalue weighted by Crippen LogP contribution is 2.32. The van der Waals surface area contributed by atoms with Crippen LogP contribution < -0.4 is 16.1 Å². The summed E-state index contributed by atoms with van der Waals surface area (Å²) in [6.07, 6.45) is 3.46. The number of anilines is 2. The summed E-state index contributed by atoms with van der Waals surface area (Å²) in [5.74, 6) is 1.08. The van der Waals surface area contributed by atoms with Gasteiger partial charge in [-0.15, -0.1) is 0 Å². The summed E-state index contributed by atoms with van der Waals surface area (Å²) in [5.41, 5.74) is 2.69. The van der Waals surface area contributed by atoms with Gasteiger partial charge < -0.3 is 9.47 Å². The third kappa shape index (κ3) is 2.85. The van der Waals surface area contributed by atoms with Crippen molar-refractivity contribution in [1.82, 2.24) is 18.7 Å². The highest BCUT2D eigenvalue weighted by Gasteiger charge is 2.29. The Labute approximate surface area is 163 Å². The molecule has 1 aromatic carbocycles. The molecule has 0 spiro atoms. The van der Waals surface area contributed by atoms with Gasteiger partial charge >= 0.3 is 5.69 Å². The van der Waals surface area contributed by atoms with Crippen molar-refractivity contribution in [2.75, 3.05) is 11.4 Å². The molecule has 0 fully saturated rings. The van der Waals surface area contributed by atoms with Crippen molar-refractivity contribution in [2.45, 2.75) is 39.7 Å². The third-order valence-electron chi connectivity index (χ3n) is 5.62. The van der Waals surface area contributed by atoms with Gasteiger partial charge in [0, 0.05) is 32.9 Å². The van der Waals surface area contributed by atoms with E-state index in [1.54, 1.807) is 7.05 Å². The van der Waals surface area contributed by atoms with Crippen molar-refractivity contribution in [3.8, 4) is 0 Å². The maximum Gasteiger partial charge on any atom is 0.332 e. The van der Waals surface area contributed by atoms with E-state index in [0.717, 1.165) is 29.2 Å². The van der Waals surface area contributed by atoms with Crippen LogP contribution in [0, 0.1) is 5.92 Å². The lowest BCUT2D eigenvalue weighted by Crippen LogP contribution is -2.38. The number of aryl methyl sites for hydroxylation is 2. The first-order valence-electron chi connectivity index (χ1n) is 9.95. The number of rotatable bonds is 4. The standard InChI is InChI=1S/C21H27N5O2/c1-5-6-7-15-8-10-16(11-9-15)25-12-14(2)13-26-17-18(22-20(25)26)23(3)21(28)24(4)19(17)27/h8-11,14H,5-7,12-13H2,1-4H3. The Hall–Kier alpha value is -2.83. The van der Waals surface area contributed by atoms with Crippen LogP contribution in [0.3, 0.4) is 0 Å². The second kappa shape index (κ2) is 6.96. The molecule has 148 valence electrons. The topological polar surface area (TPSA) is 65.1 Å². The molecule has 0 amide bonds. The Morgan fingerprint density at radius 1 is 1.07 bits per heavy atom. The van der Waals surface area contributed by atoms with E-state index in [-0.39, 0.29) is 11.2 Å². The number of nitrogens with zero attached hydrogens (tertiary/aromatic N) is 5. The summed E-state index contributed by atoms with van der Waals surface area (Å²) in [5, 5.41) is 0. The number of hydrogen-bond acceptors (Lipinski definition) is 4. The van der Waals surface area contributed by atoms with Crippen LogP contribution in [0.4, 0.5) is 11.6 Å². The van der Waals surface area contributed by atoms with Crippen LogP contribution in [0.5, 0.6) is 0 Å². The largest absolute Gasteiger partial charge is 0.332 e. The Morgan fingerprint density at radius 2 is 1.79 bits per heavy atom. The Balaban J connectivity index is 1.85. The Bertz CT molecular complexity index is 1140. The molecule has 1 unspecified atom stereocenters. The minimum absolute atomic E-state index is 0.291. The smallest absolute Gasteiger partial charge is 0.312 e. The average molecular weight is 381 g/mol. The zero-order valence-corrected chi connectivity index (χ0v) is 17.0. The van der Waals surface area contributed by atoms with E-state index < -0.39 is 0 Å². The van der Waals surface area contributed by atoms with Crippen LogP contribution in [0.1, 0.15) is 32.3 Å². The van der Waals surface area contributed by atoms with Gasteiger partial charge in [-0.2, -0.15) is 4.98 Å². The zero-order valence-electron chi connectivity index (χ0n) is 17.0. The number of aromatic nitrogens is 4. The van der Waals surface area contributed by atoms with Gasteiger partial charge in [0.05, 0.1) is 0 Å². The van der Waals surface area contributed by atoms with Crippen molar-refractivity contribution >= 4 is 22.8 Å². The van der Waals surface area contributed by atoms with Gasteiger partial charge in [-0.1, -0.05) is 32.4 Å². The normalized spacial score (nSPS) is 16.6. The first-order valence-corrected chi connectivity index (χ1v) is 9.95. The molecule has 0 radical (unpaired) electrons. The molecule has 7 nitrogen and oxygen atoms in total. The van der Waals surface area contributed by atoms with Gasteiger partial charge in [0.25, 0.3) is 5.56 Å². The molecule has 3 heterocycles. The Morgan fingerprint density at radius 3 is 2.46 bits per heavy atom. The number of benzene rings is 1. The summed E-state index contributed by atoms with van der Waals surface area (Å²) in [4.78, 5) is 32.0. The maximum absolute atomic E-state index is 12.8. The molecule has 0 N–H and O–H groups in total. The van der Waals surface area contributed by atoms with E-state index in [9.17, 15) is 9.59 Å². The van der Waals surface area contributed by atoms with Gasteiger partial charge in [0.15, 0.2) is 11.2 Å². The predicted molar refractivity (Wildman–Crippen MR) is 111 cm³/mol. The van der Waals surface area contributed by atoms with Crippen LogP contribution in [0.15, 0.2) is 33.9 Å². The summed E-state index contributed by atoms with van der Waals surface area (Å²) >= 11 is 0. The van der Waals surface area contributed by atoms with Gasteiger partial charge in [-0.25, -0.2) is 4.79 Å². The van der Waals surface area contributed by atoms with Crippen LogP contribution in [0.2, 0.25) is 0 Å². The highest BCUT2D eigenvalue weighted by atomic mass is 16.2. The second-order valence-corrected chi connectivity index (χ2v) is 7.89. The average Bonchev–Trinajstić information content (AvgIpc) is 3.08. The molecular formula is C21H27N5O2. The lowest BCUT2D eigenvalue weighted by molar-refractivity contribution is 0.458. The molecule has 0 saturated carbocycles. The fourth-order valence-corrected chi connectivity index (χ4v) is 4.02. The first kappa shape index (κ1) is 18.5. The van der Waals surface area contributed by atoms with E-state index in [1.807, 2.05) is 4.57 Å². The van der Waals surface area contributed by atoms with Gasteiger partial charge in [0.1, 0.15) is 0 Å². The van der Waals surface area contributed by atoms with Crippen LogP contribution in [-0.2, 0) is 27.1 Å². The molecule has 3 aromatic rings. The van der Waals surface area contributed by atoms with Crippen molar-refractivity contribution < 1.29 is 0 Å². The van der Waals surface area contributed by atoms with Crippen molar-refractivity contribution in [3.05, 3.63) is 50.7 Å². The number of imidazole rings is 1. The molecule has 1 aliphatic rings. The fraction of sp³-hybridized carbons (Fsp3) is 0.476. The number of fused-ring (bicyclic) bond motifs is 3. The number of unbranched alkanes of at least 4 members (excludes halogenated alkanes) is 1. The molecule has 28 heavy (non-hydrogen) atoms. The molecule has 7 heteroatoms. The maximum atomic E-state index is 12.8. The lowest BCUT2D eigenvalue weighted by Gasteiger charge is -2.33. The highest BCUT2D eigenvalue weighted by molar-refractivity contribution is 5.77. The monoisotopic (exact) mass is 381 g/mol. The van der Waals surface area contributed by atoms with Crippen LogP contribution in [-0.4, -0.2) is 25.2 Å². The van der Waals surface area contributed by atoms with E-state index >= 15 is 0 Å². The molecule has 1 aliphatic heterocycles. The summed E-state index contributed by atoms with van der Waals surface area (Å²) < 4.78 is 4.58. The zero-order chi connectivity index (χ0) is 20.0. The molecule has 2 aromatic heterocycles. The van der Waals surface area contributed by atoms with Crippen molar-refractivity contribution in [2.24, 2.45) is 20.0 Å². The van der Waals surface area contributed by atoms with Gasteiger partial charge in [0.2, 0.25) is 5.95 Å².